The maximum Gasteiger partial charge on any atom is 0.223 e. The van der Waals surface area contributed by atoms with Crippen molar-refractivity contribution in [2.75, 3.05) is 56.6 Å². The van der Waals surface area contributed by atoms with Gasteiger partial charge in [0.25, 0.3) is 0 Å². The monoisotopic (exact) mass is 270 g/mol. The lowest BCUT2D eigenvalue weighted by Crippen LogP contribution is -2.30. The Hall–Kier alpha value is -1.64. The lowest BCUT2D eigenvalue weighted by molar-refractivity contribution is 0.191. The van der Waals surface area contributed by atoms with Gasteiger partial charge in [0.05, 0.1) is 6.61 Å². The standard InChI is InChI=1S/C11H22N6O2/c1-18-6-3-4-17(5-7-19-2)10-8-9(16-13)14-11(12)15-10/h8H,3-7,13H2,1-2H3,(H3,12,14,15,16). The van der Waals surface area contributed by atoms with E-state index in [9.17, 15) is 0 Å². The fourth-order valence-electron chi connectivity index (χ4n) is 1.63. The highest BCUT2D eigenvalue weighted by Gasteiger charge is 2.10. The summed E-state index contributed by atoms with van der Waals surface area (Å²) in [5.41, 5.74) is 8.13. The van der Waals surface area contributed by atoms with Crippen LogP contribution in [-0.2, 0) is 9.47 Å². The van der Waals surface area contributed by atoms with Crippen LogP contribution in [0.4, 0.5) is 17.6 Å². The van der Waals surface area contributed by atoms with Crippen LogP contribution >= 0.6 is 0 Å². The number of anilines is 3. The van der Waals surface area contributed by atoms with E-state index in [1.165, 1.54) is 0 Å². The Kier molecular flexibility index (Phi) is 6.86. The Morgan fingerprint density at radius 2 is 1.95 bits per heavy atom. The molecule has 0 unspecified atom stereocenters. The topological polar surface area (TPSA) is 112 Å². The number of aromatic nitrogens is 2. The van der Waals surface area contributed by atoms with Crippen molar-refractivity contribution < 1.29 is 9.47 Å². The van der Waals surface area contributed by atoms with Crippen LogP contribution in [0.15, 0.2) is 6.07 Å². The Bertz CT molecular complexity index is 376. The van der Waals surface area contributed by atoms with Crippen LogP contribution in [0.3, 0.4) is 0 Å². The number of rotatable bonds is 9. The summed E-state index contributed by atoms with van der Waals surface area (Å²) in [7, 11) is 3.34. The van der Waals surface area contributed by atoms with Crippen molar-refractivity contribution in [3.63, 3.8) is 0 Å². The molecule has 5 N–H and O–H groups in total. The van der Waals surface area contributed by atoms with Crippen molar-refractivity contribution >= 4 is 17.6 Å². The number of nitrogen functional groups attached to an aromatic ring is 2. The molecule has 0 aliphatic carbocycles. The van der Waals surface area contributed by atoms with Gasteiger partial charge in [0.2, 0.25) is 5.95 Å². The van der Waals surface area contributed by atoms with Gasteiger partial charge in [-0.1, -0.05) is 0 Å². The number of hydrogen-bond donors (Lipinski definition) is 3. The van der Waals surface area contributed by atoms with Gasteiger partial charge in [-0.2, -0.15) is 9.97 Å². The first-order chi connectivity index (χ1) is 9.21. The van der Waals surface area contributed by atoms with E-state index in [1.807, 2.05) is 0 Å². The summed E-state index contributed by atoms with van der Waals surface area (Å²) in [6.07, 6.45) is 0.884. The molecule has 0 saturated heterocycles. The van der Waals surface area contributed by atoms with Crippen molar-refractivity contribution in [3.05, 3.63) is 6.07 Å². The van der Waals surface area contributed by atoms with Crippen molar-refractivity contribution in [1.29, 1.82) is 0 Å². The van der Waals surface area contributed by atoms with Crippen LogP contribution in [0.2, 0.25) is 0 Å². The molecular formula is C11H22N6O2. The van der Waals surface area contributed by atoms with Crippen molar-refractivity contribution in [2.45, 2.75) is 6.42 Å². The Balaban J connectivity index is 2.79. The van der Waals surface area contributed by atoms with Crippen molar-refractivity contribution in [1.82, 2.24) is 9.97 Å². The minimum Gasteiger partial charge on any atom is -0.385 e. The molecule has 0 saturated carbocycles. The number of nitrogens with one attached hydrogen (secondary N) is 1. The Labute approximate surface area is 113 Å². The van der Waals surface area contributed by atoms with E-state index in [0.717, 1.165) is 13.0 Å². The molecular weight excluding hydrogens is 248 g/mol. The third-order valence-electron chi connectivity index (χ3n) is 2.54. The zero-order valence-electron chi connectivity index (χ0n) is 11.4. The SMILES string of the molecule is COCCCN(CCOC)c1cc(NN)nc(N)n1. The quantitative estimate of drug-likeness (QED) is 0.322. The fourth-order valence-corrected chi connectivity index (χ4v) is 1.63. The normalized spacial score (nSPS) is 10.5. The van der Waals surface area contributed by atoms with E-state index in [-0.39, 0.29) is 5.95 Å². The molecule has 1 aromatic heterocycles. The maximum absolute atomic E-state index is 5.66. The number of nitrogens with zero attached hydrogens (tertiary/aromatic N) is 3. The highest BCUT2D eigenvalue weighted by atomic mass is 16.5. The fraction of sp³-hybridized carbons (Fsp3) is 0.636. The molecule has 1 aromatic rings. The van der Waals surface area contributed by atoms with Gasteiger partial charge < -0.3 is 25.5 Å². The average Bonchev–Trinajstić information content (AvgIpc) is 2.42. The maximum atomic E-state index is 5.66. The molecule has 0 aliphatic heterocycles. The molecule has 0 spiro atoms. The number of hydrogen-bond acceptors (Lipinski definition) is 8. The Morgan fingerprint density at radius 3 is 2.58 bits per heavy atom. The molecule has 0 fully saturated rings. The van der Waals surface area contributed by atoms with Crippen LogP contribution in [0.5, 0.6) is 0 Å². The van der Waals surface area contributed by atoms with Crippen molar-refractivity contribution in [3.8, 4) is 0 Å². The minimum atomic E-state index is 0.180. The predicted octanol–water partition coefficient (Wildman–Crippen LogP) is -0.166. The number of nitrogens with two attached hydrogens (primary N) is 2. The molecule has 19 heavy (non-hydrogen) atoms. The molecule has 0 aliphatic rings. The average molecular weight is 270 g/mol. The van der Waals surface area contributed by atoms with Crippen LogP contribution < -0.4 is 21.9 Å². The van der Waals surface area contributed by atoms with Crippen LogP contribution in [0.25, 0.3) is 0 Å². The first kappa shape index (κ1) is 15.4. The van der Waals surface area contributed by atoms with Gasteiger partial charge in [0.1, 0.15) is 11.6 Å². The van der Waals surface area contributed by atoms with E-state index < -0.39 is 0 Å². The molecule has 108 valence electrons. The molecule has 1 rings (SSSR count). The summed E-state index contributed by atoms with van der Waals surface area (Å²) in [4.78, 5) is 10.2. The van der Waals surface area contributed by atoms with E-state index in [4.69, 9.17) is 21.1 Å². The third kappa shape index (κ3) is 5.25. The van der Waals surface area contributed by atoms with Gasteiger partial charge in [0, 0.05) is 40.0 Å². The first-order valence-corrected chi connectivity index (χ1v) is 6.05. The molecule has 1 heterocycles. The van der Waals surface area contributed by atoms with E-state index in [2.05, 4.69) is 20.3 Å². The van der Waals surface area contributed by atoms with Crippen LogP contribution in [0.1, 0.15) is 6.42 Å². The summed E-state index contributed by atoms with van der Waals surface area (Å²) in [5, 5.41) is 0. The second kappa shape index (κ2) is 8.46. The zero-order valence-corrected chi connectivity index (χ0v) is 11.4. The molecule has 0 bridgehead atoms. The van der Waals surface area contributed by atoms with E-state index >= 15 is 0 Å². The highest BCUT2D eigenvalue weighted by molar-refractivity contribution is 5.52. The molecule has 8 heteroatoms. The van der Waals surface area contributed by atoms with E-state index in [1.54, 1.807) is 20.3 Å². The van der Waals surface area contributed by atoms with Crippen LogP contribution in [0, 0.1) is 0 Å². The Morgan fingerprint density at radius 1 is 1.21 bits per heavy atom. The largest absolute Gasteiger partial charge is 0.385 e. The summed E-state index contributed by atoms with van der Waals surface area (Å²) in [6.45, 7) is 2.78. The minimum absolute atomic E-state index is 0.180. The summed E-state index contributed by atoms with van der Waals surface area (Å²) in [5.74, 6) is 6.73. The van der Waals surface area contributed by atoms with Gasteiger partial charge in [-0.15, -0.1) is 0 Å². The van der Waals surface area contributed by atoms with Crippen molar-refractivity contribution in [2.24, 2.45) is 5.84 Å². The molecule has 0 atom stereocenters. The molecule has 0 radical (unpaired) electrons. The predicted molar refractivity (Wildman–Crippen MR) is 74.8 cm³/mol. The van der Waals surface area contributed by atoms with Gasteiger partial charge in [-0.3, -0.25) is 0 Å². The van der Waals surface area contributed by atoms with Gasteiger partial charge in [-0.05, 0) is 6.42 Å². The molecule has 0 aromatic carbocycles. The third-order valence-corrected chi connectivity index (χ3v) is 2.54. The highest BCUT2D eigenvalue weighted by Crippen LogP contribution is 2.16. The first-order valence-electron chi connectivity index (χ1n) is 6.05. The summed E-state index contributed by atoms with van der Waals surface area (Å²) >= 11 is 0. The second-order valence-electron chi connectivity index (χ2n) is 3.94. The second-order valence-corrected chi connectivity index (χ2v) is 3.94. The summed E-state index contributed by atoms with van der Waals surface area (Å²) in [6, 6.07) is 1.75. The molecule has 0 amide bonds. The van der Waals surface area contributed by atoms with Crippen LogP contribution in [-0.4, -0.2) is 50.5 Å². The lowest BCUT2D eigenvalue weighted by atomic mass is 10.3. The number of hydrazine groups is 1. The van der Waals surface area contributed by atoms with E-state index in [0.29, 0.717) is 31.4 Å². The zero-order chi connectivity index (χ0) is 14.1. The van der Waals surface area contributed by atoms with Gasteiger partial charge in [0.15, 0.2) is 0 Å². The lowest BCUT2D eigenvalue weighted by Gasteiger charge is -2.23. The number of methoxy groups -OCH3 is 2. The van der Waals surface area contributed by atoms with Gasteiger partial charge >= 0.3 is 0 Å². The summed E-state index contributed by atoms with van der Waals surface area (Å²) < 4.78 is 10.2. The van der Waals surface area contributed by atoms with Gasteiger partial charge in [-0.25, -0.2) is 5.84 Å². The molecule has 8 nitrogen and oxygen atoms in total. The smallest absolute Gasteiger partial charge is 0.223 e. The number of ether oxygens (including phenoxy) is 2.